The van der Waals surface area contributed by atoms with Crippen LogP contribution in [0.2, 0.25) is 0 Å². The first-order valence-corrected chi connectivity index (χ1v) is 15.9. The number of nitrogens with zero attached hydrogens (tertiary/aromatic N) is 3. The summed E-state index contributed by atoms with van der Waals surface area (Å²) in [5.74, 6) is 0.928. The van der Waals surface area contributed by atoms with E-state index in [1.807, 2.05) is 39.1 Å². The van der Waals surface area contributed by atoms with Crippen molar-refractivity contribution in [2.75, 3.05) is 0 Å². The molecule has 1 aromatic heterocycles. The van der Waals surface area contributed by atoms with Crippen molar-refractivity contribution >= 4 is 17.5 Å². The molecule has 2 saturated carbocycles. The van der Waals surface area contributed by atoms with Gasteiger partial charge in [0.1, 0.15) is 11.9 Å². The van der Waals surface area contributed by atoms with Crippen LogP contribution in [0.15, 0.2) is 29.5 Å². The Hall–Kier alpha value is -2.81. The number of aryl methyl sites for hydroxylation is 2. The molecule has 1 heterocycles. The first-order chi connectivity index (χ1) is 19.4. The summed E-state index contributed by atoms with van der Waals surface area (Å²) < 4.78 is 1.78. The number of allylic oxidation sites excluding steroid dienone is 4. The quantitative estimate of drug-likeness (QED) is 0.368. The summed E-state index contributed by atoms with van der Waals surface area (Å²) >= 11 is 0. The Morgan fingerprint density at radius 3 is 2.36 bits per heavy atom. The van der Waals surface area contributed by atoms with E-state index < -0.39 is 10.8 Å². The van der Waals surface area contributed by atoms with E-state index in [1.165, 1.54) is 0 Å². The van der Waals surface area contributed by atoms with Gasteiger partial charge >= 0.3 is 0 Å². The van der Waals surface area contributed by atoms with Gasteiger partial charge in [0.25, 0.3) is 0 Å². The van der Waals surface area contributed by atoms with Gasteiger partial charge < -0.3 is 0 Å². The number of rotatable bonds is 4. The van der Waals surface area contributed by atoms with Gasteiger partial charge in [0.15, 0.2) is 11.6 Å². The maximum absolute atomic E-state index is 14.5. The number of aromatic nitrogens is 2. The van der Waals surface area contributed by atoms with Gasteiger partial charge in [0, 0.05) is 24.0 Å². The third-order valence-corrected chi connectivity index (χ3v) is 12.8. The van der Waals surface area contributed by atoms with Crippen molar-refractivity contribution in [3.8, 4) is 6.07 Å². The molecule has 6 heteroatoms. The summed E-state index contributed by atoms with van der Waals surface area (Å²) in [6, 6.07) is 2.16. The maximum Gasteiger partial charge on any atom is 0.238 e. The standard InChI is InChI=1S/C36H49N3O3/c1-22-17-32(5,6)12-14-36(22,31(42)39-21-23(2)38-25(39)4)15-13-33(7)19-27(40)16-29-34(8)18-26(20-37)30(41)24(3)28(34)10-11-35(29,33)9/h16,18,21-22,24,28H,10-15,17,19H2,1-9H3/t22?,24-,28-,33+,34-,35+,36-/m0/s1. The molecule has 4 aliphatic rings. The Balaban J connectivity index is 1.55. The lowest BCUT2D eigenvalue weighted by atomic mass is 9.41. The second-order valence-electron chi connectivity index (χ2n) is 15.9. The molecule has 0 aliphatic heterocycles. The predicted molar refractivity (Wildman–Crippen MR) is 163 cm³/mol. The van der Waals surface area contributed by atoms with Crippen LogP contribution < -0.4 is 0 Å². The third kappa shape index (κ3) is 4.40. The van der Waals surface area contributed by atoms with Crippen LogP contribution in [-0.2, 0) is 9.59 Å². The Bertz CT molecular complexity index is 1460. The second kappa shape index (κ2) is 9.86. The maximum atomic E-state index is 14.5. The minimum atomic E-state index is -0.530. The summed E-state index contributed by atoms with van der Waals surface area (Å²) in [5, 5.41) is 9.82. The van der Waals surface area contributed by atoms with E-state index in [-0.39, 0.29) is 57.0 Å². The normalized spacial score (nSPS) is 39.5. The van der Waals surface area contributed by atoms with Crippen molar-refractivity contribution in [2.45, 2.75) is 114 Å². The molecule has 4 aliphatic carbocycles. The molecule has 6 nitrogen and oxygen atoms in total. The predicted octanol–water partition coefficient (Wildman–Crippen LogP) is 7.75. The molecule has 0 amide bonds. The molecule has 5 rings (SSSR count). The van der Waals surface area contributed by atoms with Gasteiger partial charge in [-0.15, -0.1) is 0 Å². The molecule has 0 radical (unpaired) electrons. The van der Waals surface area contributed by atoms with Gasteiger partial charge in [-0.3, -0.25) is 19.0 Å². The SMILES string of the molecule is Cc1cn(C(=O)[C@]2(CC[C@]3(C)CC(=O)C=C4[C@@]5(C)C=C(C#N)C(=O)[C@@H](C)[C@@H]5CC[C@]43C)CCC(C)(C)CC2C)c(C)n1. The average Bonchev–Trinajstić information content (AvgIpc) is 3.24. The van der Waals surface area contributed by atoms with Gasteiger partial charge in [0.05, 0.1) is 16.7 Å². The zero-order chi connectivity index (χ0) is 31.0. The van der Waals surface area contributed by atoms with Crippen LogP contribution in [0.25, 0.3) is 0 Å². The van der Waals surface area contributed by atoms with Crippen LogP contribution >= 0.6 is 0 Å². The van der Waals surface area contributed by atoms with Crippen molar-refractivity contribution in [3.63, 3.8) is 0 Å². The summed E-state index contributed by atoms with van der Waals surface area (Å²) in [6.07, 6.45) is 12.1. The second-order valence-corrected chi connectivity index (χ2v) is 15.9. The summed E-state index contributed by atoms with van der Waals surface area (Å²) in [5.41, 5.74) is 0.641. The Morgan fingerprint density at radius 1 is 1.07 bits per heavy atom. The molecule has 1 unspecified atom stereocenters. The molecule has 2 fully saturated rings. The summed E-state index contributed by atoms with van der Waals surface area (Å²) in [4.78, 5) is 45.6. The van der Waals surface area contributed by atoms with Gasteiger partial charge in [-0.1, -0.05) is 60.1 Å². The fourth-order valence-corrected chi connectivity index (χ4v) is 9.90. The number of fused-ring (bicyclic) bond motifs is 3. The number of ketones is 2. The van der Waals surface area contributed by atoms with Crippen molar-refractivity contribution in [1.29, 1.82) is 5.26 Å². The number of hydrogen-bond donors (Lipinski definition) is 0. The first kappa shape index (κ1) is 30.6. The number of imidazole rings is 1. The van der Waals surface area contributed by atoms with Crippen LogP contribution in [0.4, 0.5) is 0 Å². The molecule has 1 aromatic rings. The van der Waals surface area contributed by atoms with Gasteiger partial charge in [-0.25, -0.2) is 4.98 Å². The molecule has 0 aromatic carbocycles. The minimum absolute atomic E-state index is 0.0672. The van der Waals surface area contributed by atoms with Crippen molar-refractivity contribution < 1.29 is 14.4 Å². The molecule has 0 bridgehead atoms. The Morgan fingerprint density at radius 2 is 1.76 bits per heavy atom. The smallest absolute Gasteiger partial charge is 0.238 e. The molecule has 0 N–H and O–H groups in total. The lowest BCUT2D eigenvalue weighted by Crippen LogP contribution is -2.56. The van der Waals surface area contributed by atoms with E-state index in [9.17, 15) is 19.6 Å². The molecule has 42 heavy (non-hydrogen) atoms. The fraction of sp³-hybridized carbons (Fsp3) is 0.694. The highest BCUT2D eigenvalue weighted by atomic mass is 16.2. The van der Waals surface area contributed by atoms with E-state index in [4.69, 9.17) is 0 Å². The fourth-order valence-electron chi connectivity index (χ4n) is 9.90. The van der Waals surface area contributed by atoms with E-state index >= 15 is 0 Å². The lowest BCUT2D eigenvalue weighted by molar-refractivity contribution is -0.126. The average molecular weight is 572 g/mol. The molecule has 7 atom stereocenters. The molecular formula is C36H49N3O3. The molecule has 226 valence electrons. The van der Waals surface area contributed by atoms with Gasteiger partial charge in [-0.05, 0) is 93.0 Å². The highest BCUT2D eigenvalue weighted by Gasteiger charge is 2.61. The largest absolute Gasteiger partial charge is 0.295 e. The summed E-state index contributed by atoms with van der Waals surface area (Å²) in [6.45, 7) is 19.4. The zero-order valence-electron chi connectivity index (χ0n) is 27.2. The number of carbonyl (C=O) groups excluding carboxylic acids is 3. The number of Topliss-reactive ketones (excluding diaryl/α,β-unsaturated/α-hetero) is 1. The number of hydrogen-bond acceptors (Lipinski definition) is 5. The monoisotopic (exact) mass is 571 g/mol. The highest BCUT2D eigenvalue weighted by Crippen LogP contribution is 2.68. The summed E-state index contributed by atoms with van der Waals surface area (Å²) in [7, 11) is 0. The Kier molecular flexibility index (Phi) is 7.19. The van der Waals surface area contributed by atoms with Crippen molar-refractivity contribution in [2.24, 2.45) is 44.8 Å². The molecule has 0 spiro atoms. The van der Waals surface area contributed by atoms with E-state index in [1.54, 1.807) is 4.57 Å². The molecule has 0 saturated heterocycles. The number of carbonyl (C=O) groups is 3. The highest BCUT2D eigenvalue weighted by molar-refractivity contribution is 6.02. The van der Waals surface area contributed by atoms with Crippen LogP contribution in [0, 0.1) is 70.0 Å². The van der Waals surface area contributed by atoms with E-state index in [0.29, 0.717) is 6.42 Å². The topological polar surface area (TPSA) is 92.8 Å². The van der Waals surface area contributed by atoms with Crippen molar-refractivity contribution in [1.82, 2.24) is 9.55 Å². The van der Waals surface area contributed by atoms with E-state index in [0.717, 1.165) is 62.0 Å². The van der Waals surface area contributed by atoms with Crippen LogP contribution in [-0.4, -0.2) is 27.0 Å². The van der Waals surface area contributed by atoms with Crippen molar-refractivity contribution in [3.05, 3.63) is 41.0 Å². The first-order valence-electron chi connectivity index (χ1n) is 15.9. The number of nitriles is 1. The minimum Gasteiger partial charge on any atom is -0.295 e. The van der Waals surface area contributed by atoms with Crippen LogP contribution in [0.3, 0.4) is 0 Å². The van der Waals surface area contributed by atoms with Gasteiger partial charge in [-0.2, -0.15) is 5.26 Å². The Labute approximate surface area is 252 Å². The lowest BCUT2D eigenvalue weighted by Gasteiger charge is -2.61. The van der Waals surface area contributed by atoms with E-state index in [2.05, 4.69) is 52.6 Å². The molecular weight excluding hydrogens is 522 g/mol. The van der Waals surface area contributed by atoms with Crippen LogP contribution in [0.1, 0.15) is 116 Å². The van der Waals surface area contributed by atoms with Crippen LogP contribution in [0.5, 0.6) is 0 Å². The third-order valence-electron chi connectivity index (χ3n) is 12.8. The zero-order valence-corrected chi connectivity index (χ0v) is 27.2. The van der Waals surface area contributed by atoms with Gasteiger partial charge in [0.2, 0.25) is 5.91 Å².